The molecule has 4 heteroatoms. The Hall–Kier alpha value is 0.550. The van der Waals surface area contributed by atoms with Gasteiger partial charge in [0.1, 0.15) is 0 Å². The van der Waals surface area contributed by atoms with Gasteiger partial charge in [0.25, 0.3) is 5.92 Å². The van der Waals surface area contributed by atoms with Gasteiger partial charge in [0.15, 0.2) is 0 Å². The van der Waals surface area contributed by atoms with Crippen LogP contribution in [-0.4, -0.2) is 15.9 Å². The Morgan fingerprint density at radius 2 is 2.10 bits per heavy atom. The van der Waals surface area contributed by atoms with E-state index in [-0.39, 0.29) is 12.5 Å². The third-order valence-corrected chi connectivity index (χ3v) is 3.66. The van der Waals surface area contributed by atoms with Crippen LogP contribution in [0.4, 0.5) is 8.78 Å². The van der Waals surface area contributed by atoms with Gasteiger partial charge in [-0.15, -0.1) is 0 Å². The summed E-state index contributed by atoms with van der Waals surface area (Å²) in [4.78, 5) is 0. The van der Waals surface area contributed by atoms with Crippen molar-refractivity contribution in [1.82, 2.24) is 0 Å². The van der Waals surface area contributed by atoms with Gasteiger partial charge in [-0.3, -0.25) is 0 Å². The predicted octanol–water partition coefficient (Wildman–Crippen LogP) is 1.94. The van der Waals surface area contributed by atoms with Gasteiger partial charge in [-0.2, -0.15) is 0 Å². The van der Waals surface area contributed by atoms with Crippen molar-refractivity contribution in [1.29, 1.82) is 0 Å². The molecular weight excluding hydrogens is 251 g/mol. The second-order valence-corrected chi connectivity index (χ2v) is 4.06. The molecule has 0 aromatic rings. The molecule has 60 valence electrons. The van der Waals surface area contributed by atoms with Crippen LogP contribution in [0.1, 0.15) is 19.3 Å². The summed E-state index contributed by atoms with van der Waals surface area (Å²) < 4.78 is 24.9. The molecular formula is C6H10F2IN. The second-order valence-electron chi connectivity index (χ2n) is 2.72. The molecule has 0 heterocycles. The summed E-state index contributed by atoms with van der Waals surface area (Å²) in [7, 11) is 0. The van der Waals surface area contributed by atoms with Crippen molar-refractivity contribution < 1.29 is 8.78 Å². The maximum atomic E-state index is 12.8. The zero-order valence-corrected chi connectivity index (χ0v) is 7.64. The molecule has 1 rings (SSSR count). The van der Waals surface area contributed by atoms with Gasteiger partial charge < -0.3 is 5.73 Å². The largest absolute Gasteiger partial charge is 0.327 e. The van der Waals surface area contributed by atoms with Gasteiger partial charge in [0.2, 0.25) is 0 Å². The van der Waals surface area contributed by atoms with Crippen LogP contribution in [0.25, 0.3) is 0 Å². The average molecular weight is 261 g/mol. The molecule has 0 spiro atoms. The summed E-state index contributed by atoms with van der Waals surface area (Å²) in [5.74, 6) is -2.53. The first-order valence-corrected chi connectivity index (χ1v) is 4.56. The minimum atomic E-state index is -2.53. The summed E-state index contributed by atoms with van der Waals surface area (Å²) in [6, 6.07) is -0.315. The van der Waals surface area contributed by atoms with Crippen molar-refractivity contribution in [2.45, 2.75) is 35.2 Å². The Morgan fingerprint density at radius 1 is 1.50 bits per heavy atom. The van der Waals surface area contributed by atoms with E-state index in [1.807, 2.05) is 0 Å². The van der Waals surface area contributed by atoms with Crippen LogP contribution in [0.5, 0.6) is 0 Å². The standard InChI is InChI=1S/C6H10F2IN/c7-6(8)3-1-2-4(10)5(6)9/h4-5H,1-3,10H2/t4-,5-/m1/s1. The summed E-state index contributed by atoms with van der Waals surface area (Å²) in [6.07, 6.45) is 1.31. The summed E-state index contributed by atoms with van der Waals surface area (Å²) >= 11 is 1.75. The molecule has 0 unspecified atom stereocenters. The lowest BCUT2D eigenvalue weighted by atomic mass is 9.93. The number of halogens is 3. The van der Waals surface area contributed by atoms with E-state index in [2.05, 4.69) is 0 Å². The van der Waals surface area contributed by atoms with Crippen LogP contribution in [0, 0.1) is 0 Å². The lowest BCUT2D eigenvalue weighted by Gasteiger charge is -2.31. The van der Waals surface area contributed by atoms with E-state index in [4.69, 9.17) is 5.73 Å². The Labute approximate surface area is 72.5 Å². The normalized spacial score (nSPS) is 39.6. The second kappa shape index (κ2) is 2.89. The van der Waals surface area contributed by atoms with E-state index in [1.54, 1.807) is 22.6 Å². The van der Waals surface area contributed by atoms with Gasteiger partial charge in [-0.25, -0.2) is 8.78 Å². The molecule has 0 radical (unpaired) electrons. The first kappa shape index (κ1) is 8.64. The minimum Gasteiger partial charge on any atom is -0.327 e. The SMILES string of the molecule is N[C@@H]1CCCC(F)(F)[C@@H]1I. The van der Waals surface area contributed by atoms with Gasteiger partial charge in [0.05, 0.1) is 3.92 Å². The molecule has 1 saturated carbocycles. The maximum Gasteiger partial charge on any atom is 0.261 e. The zero-order chi connectivity index (χ0) is 7.78. The zero-order valence-electron chi connectivity index (χ0n) is 5.49. The Bertz CT molecular complexity index is 129. The fourth-order valence-electron chi connectivity index (χ4n) is 1.17. The smallest absolute Gasteiger partial charge is 0.261 e. The Balaban J connectivity index is 2.60. The lowest BCUT2D eigenvalue weighted by molar-refractivity contribution is -0.0275. The van der Waals surface area contributed by atoms with E-state index < -0.39 is 9.85 Å². The van der Waals surface area contributed by atoms with Gasteiger partial charge in [-0.1, -0.05) is 22.6 Å². The molecule has 0 saturated heterocycles. The van der Waals surface area contributed by atoms with Gasteiger partial charge >= 0.3 is 0 Å². The highest BCUT2D eigenvalue weighted by Gasteiger charge is 2.43. The molecule has 1 nitrogen and oxygen atoms in total. The van der Waals surface area contributed by atoms with Crippen LogP contribution < -0.4 is 5.73 Å². The monoisotopic (exact) mass is 261 g/mol. The average Bonchev–Trinajstić information content (AvgIpc) is 1.83. The van der Waals surface area contributed by atoms with E-state index in [9.17, 15) is 8.78 Å². The molecule has 0 bridgehead atoms. The van der Waals surface area contributed by atoms with E-state index in [0.717, 1.165) is 6.42 Å². The van der Waals surface area contributed by atoms with Crippen LogP contribution in [0.15, 0.2) is 0 Å². The fourth-order valence-corrected chi connectivity index (χ4v) is 1.84. The van der Waals surface area contributed by atoms with Crippen molar-refractivity contribution in [2.75, 3.05) is 0 Å². The molecule has 1 aliphatic rings. The molecule has 2 atom stereocenters. The fraction of sp³-hybridized carbons (Fsp3) is 1.00. The molecule has 0 amide bonds. The number of hydrogen-bond donors (Lipinski definition) is 1. The number of alkyl halides is 3. The van der Waals surface area contributed by atoms with Crippen molar-refractivity contribution >= 4 is 22.6 Å². The first-order chi connectivity index (χ1) is 4.54. The highest BCUT2D eigenvalue weighted by molar-refractivity contribution is 14.1. The third-order valence-electron chi connectivity index (χ3n) is 1.83. The number of hydrogen-bond acceptors (Lipinski definition) is 1. The van der Waals surface area contributed by atoms with Crippen LogP contribution in [0.3, 0.4) is 0 Å². The van der Waals surface area contributed by atoms with Crippen LogP contribution in [-0.2, 0) is 0 Å². The molecule has 0 aromatic heterocycles. The highest BCUT2D eigenvalue weighted by atomic mass is 127. The third kappa shape index (κ3) is 1.58. The highest BCUT2D eigenvalue weighted by Crippen LogP contribution is 2.37. The summed E-state index contributed by atoms with van der Waals surface area (Å²) in [5, 5.41) is 0. The topological polar surface area (TPSA) is 26.0 Å². The van der Waals surface area contributed by atoms with Crippen LogP contribution >= 0.6 is 22.6 Å². The minimum absolute atomic E-state index is 0.00824. The van der Waals surface area contributed by atoms with Crippen LogP contribution in [0.2, 0.25) is 0 Å². The van der Waals surface area contributed by atoms with Gasteiger partial charge in [-0.05, 0) is 12.8 Å². The maximum absolute atomic E-state index is 12.8. The predicted molar refractivity (Wildman–Crippen MR) is 44.6 cm³/mol. The molecule has 0 aliphatic heterocycles. The quantitative estimate of drug-likeness (QED) is 0.523. The Morgan fingerprint density at radius 3 is 2.50 bits per heavy atom. The van der Waals surface area contributed by atoms with Crippen molar-refractivity contribution in [3.63, 3.8) is 0 Å². The number of rotatable bonds is 0. The Kier molecular flexibility index (Phi) is 2.50. The van der Waals surface area contributed by atoms with Crippen molar-refractivity contribution in [3.05, 3.63) is 0 Å². The molecule has 1 aliphatic carbocycles. The first-order valence-electron chi connectivity index (χ1n) is 3.31. The van der Waals surface area contributed by atoms with Crippen molar-refractivity contribution in [3.8, 4) is 0 Å². The molecule has 10 heavy (non-hydrogen) atoms. The lowest BCUT2D eigenvalue weighted by Crippen LogP contribution is -2.46. The molecule has 1 fully saturated rings. The molecule has 0 aromatic carbocycles. The van der Waals surface area contributed by atoms with Gasteiger partial charge in [0, 0.05) is 12.5 Å². The molecule has 2 N–H and O–H groups in total. The van der Waals surface area contributed by atoms with E-state index in [1.165, 1.54) is 0 Å². The van der Waals surface area contributed by atoms with E-state index >= 15 is 0 Å². The number of nitrogens with two attached hydrogens (primary N) is 1. The summed E-state index contributed by atoms with van der Waals surface area (Å²) in [6.45, 7) is 0. The van der Waals surface area contributed by atoms with E-state index in [0.29, 0.717) is 6.42 Å². The van der Waals surface area contributed by atoms with Crippen molar-refractivity contribution in [2.24, 2.45) is 5.73 Å². The summed E-state index contributed by atoms with van der Waals surface area (Å²) in [5.41, 5.74) is 5.47.